The molecule has 0 N–H and O–H groups in total. The molecule has 15 heavy (non-hydrogen) atoms. The quantitative estimate of drug-likeness (QED) is 0.549. The van der Waals surface area contributed by atoms with E-state index < -0.39 is 0 Å². The standard InChI is InChI=1S/C11H14Br2O2/c1-2-3-4-5-6-8-9(7-12)15-11(14)10(8)13/h7H,2-6H2,1H3/b9-7-. The van der Waals surface area contributed by atoms with E-state index in [9.17, 15) is 4.79 Å². The SMILES string of the molecule is CCCCCCC1=C(Br)C(=O)O/C1=C\Br. The van der Waals surface area contributed by atoms with Gasteiger partial charge in [0, 0.05) is 10.6 Å². The lowest BCUT2D eigenvalue weighted by atomic mass is 10.1. The van der Waals surface area contributed by atoms with Crippen molar-refractivity contribution in [2.75, 3.05) is 0 Å². The Hall–Kier alpha value is -0.0900. The summed E-state index contributed by atoms with van der Waals surface area (Å²) in [7, 11) is 0. The minimum absolute atomic E-state index is 0.286. The van der Waals surface area contributed by atoms with Crippen LogP contribution in [-0.4, -0.2) is 5.97 Å². The Morgan fingerprint density at radius 2 is 2.07 bits per heavy atom. The molecule has 0 saturated heterocycles. The topological polar surface area (TPSA) is 26.3 Å². The normalized spacial score (nSPS) is 18.9. The maximum atomic E-state index is 11.3. The van der Waals surface area contributed by atoms with E-state index in [0.29, 0.717) is 10.2 Å². The largest absolute Gasteiger partial charge is 0.422 e. The third kappa shape index (κ3) is 3.45. The summed E-state index contributed by atoms with van der Waals surface area (Å²) in [5, 5.41) is 0. The maximum Gasteiger partial charge on any atom is 0.351 e. The minimum Gasteiger partial charge on any atom is -0.422 e. The van der Waals surface area contributed by atoms with Crippen LogP contribution in [0, 0.1) is 0 Å². The summed E-state index contributed by atoms with van der Waals surface area (Å²) in [4.78, 5) is 12.9. The number of cyclic esters (lactones) is 1. The molecule has 0 fully saturated rings. The van der Waals surface area contributed by atoms with Crippen molar-refractivity contribution in [3.8, 4) is 0 Å². The van der Waals surface area contributed by atoms with Gasteiger partial charge in [-0.15, -0.1) is 0 Å². The molecule has 4 heteroatoms. The van der Waals surface area contributed by atoms with Crippen molar-refractivity contribution in [3.05, 3.63) is 20.8 Å². The fourth-order valence-corrected chi connectivity index (χ4v) is 2.33. The first-order valence-electron chi connectivity index (χ1n) is 5.12. The molecule has 1 aliphatic rings. The van der Waals surface area contributed by atoms with Crippen molar-refractivity contribution in [2.24, 2.45) is 0 Å². The molecule has 0 bridgehead atoms. The molecular weight excluding hydrogens is 324 g/mol. The zero-order chi connectivity index (χ0) is 11.3. The molecule has 0 aliphatic carbocycles. The smallest absolute Gasteiger partial charge is 0.351 e. The second kappa shape index (κ2) is 6.48. The van der Waals surface area contributed by atoms with Crippen molar-refractivity contribution in [1.29, 1.82) is 0 Å². The third-order valence-corrected chi connectivity index (χ3v) is 3.54. The highest BCUT2D eigenvalue weighted by atomic mass is 79.9. The summed E-state index contributed by atoms with van der Waals surface area (Å²) in [6.45, 7) is 2.18. The van der Waals surface area contributed by atoms with Gasteiger partial charge in [0.1, 0.15) is 10.2 Å². The molecule has 0 amide bonds. The first kappa shape index (κ1) is 13.0. The van der Waals surface area contributed by atoms with E-state index in [2.05, 4.69) is 38.8 Å². The number of carbonyl (C=O) groups excluding carboxylic acids is 1. The van der Waals surface area contributed by atoms with Crippen LogP contribution in [-0.2, 0) is 9.53 Å². The molecule has 0 atom stereocenters. The first-order valence-corrected chi connectivity index (χ1v) is 6.83. The van der Waals surface area contributed by atoms with E-state index in [-0.39, 0.29) is 5.97 Å². The number of allylic oxidation sites excluding steroid dienone is 1. The number of halogens is 2. The van der Waals surface area contributed by atoms with Gasteiger partial charge in [0.15, 0.2) is 0 Å². The summed E-state index contributed by atoms with van der Waals surface area (Å²) >= 11 is 6.46. The molecule has 84 valence electrons. The van der Waals surface area contributed by atoms with Crippen molar-refractivity contribution in [3.63, 3.8) is 0 Å². The molecule has 0 aromatic heterocycles. The molecule has 0 aromatic rings. The van der Waals surface area contributed by atoms with Gasteiger partial charge in [-0.25, -0.2) is 4.79 Å². The fraction of sp³-hybridized carbons (Fsp3) is 0.545. The molecule has 0 unspecified atom stereocenters. The van der Waals surface area contributed by atoms with E-state index in [1.165, 1.54) is 19.3 Å². The molecular formula is C11H14Br2O2. The Bertz CT molecular complexity index is 306. The van der Waals surface area contributed by atoms with Crippen LogP contribution < -0.4 is 0 Å². The predicted octanol–water partition coefficient (Wildman–Crippen LogP) is 4.40. The molecule has 0 radical (unpaired) electrons. The summed E-state index contributed by atoms with van der Waals surface area (Å²) in [5.41, 5.74) is 0.980. The van der Waals surface area contributed by atoms with Crippen LogP contribution >= 0.6 is 31.9 Å². The van der Waals surface area contributed by atoms with Gasteiger partial charge < -0.3 is 4.74 Å². The number of carbonyl (C=O) groups is 1. The summed E-state index contributed by atoms with van der Waals surface area (Å²) in [5.74, 6) is 0.356. The number of ether oxygens (including phenoxy) is 1. The Morgan fingerprint density at radius 3 is 2.67 bits per heavy atom. The van der Waals surface area contributed by atoms with Crippen LogP contribution in [0.1, 0.15) is 39.0 Å². The monoisotopic (exact) mass is 336 g/mol. The number of esters is 1. The molecule has 1 heterocycles. The van der Waals surface area contributed by atoms with Crippen molar-refractivity contribution < 1.29 is 9.53 Å². The number of hydrogen-bond donors (Lipinski definition) is 0. The Morgan fingerprint density at radius 1 is 1.33 bits per heavy atom. The van der Waals surface area contributed by atoms with Gasteiger partial charge in [-0.1, -0.05) is 42.1 Å². The van der Waals surface area contributed by atoms with Crippen LogP contribution in [0.15, 0.2) is 20.8 Å². The summed E-state index contributed by atoms with van der Waals surface area (Å²) in [6.07, 6.45) is 5.65. The highest BCUT2D eigenvalue weighted by Crippen LogP contribution is 2.34. The zero-order valence-electron chi connectivity index (χ0n) is 8.69. The number of hydrogen-bond acceptors (Lipinski definition) is 2. The highest BCUT2D eigenvalue weighted by molar-refractivity contribution is 9.12. The van der Waals surface area contributed by atoms with Gasteiger partial charge in [-0.3, -0.25) is 0 Å². The van der Waals surface area contributed by atoms with E-state index in [4.69, 9.17) is 4.74 Å². The number of rotatable bonds is 5. The lowest BCUT2D eigenvalue weighted by molar-refractivity contribution is -0.132. The van der Waals surface area contributed by atoms with Crippen LogP contribution in [0.3, 0.4) is 0 Å². The molecule has 2 nitrogen and oxygen atoms in total. The summed E-state index contributed by atoms with van der Waals surface area (Å²) < 4.78 is 5.62. The van der Waals surface area contributed by atoms with E-state index >= 15 is 0 Å². The average Bonchev–Trinajstić information content (AvgIpc) is 2.51. The third-order valence-electron chi connectivity index (χ3n) is 2.32. The Balaban J connectivity index is 2.54. The second-order valence-electron chi connectivity index (χ2n) is 3.47. The van der Waals surface area contributed by atoms with Gasteiger partial charge in [0.25, 0.3) is 0 Å². The van der Waals surface area contributed by atoms with E-state index in [1.54, 1.807) is 4.99 Å². The lowest BCUT2D eigenvalue weighted by Crippen LogP contribution is -1.92. The minimum atomic E-state index is -0.286. The predicted molar refractivity (Wildman–Crippen MR) is 67.8 cm³/mol. The fourth-order valence-electron chi connectivity index (χ4n) is 1.49. The van der Waals surface area contributed by atoms with Gasteiger partial charge in [-0.2, -0.15) is 0 Å². The molecule has 0 spiro atoms. The van der Waals surface area contributed by atoms with Crippen LogP contribution in [0.2, 0.25) is 0 Å². The van der Waals surface area contributed by atoms with Crippen molar-refractivity contribution >= 4 is 37.8 Å². The number of unbranched alkanes of at least 4 members (excludes halogenated alkanes) is 3. The van der Waals surface area contributed by atoms with Crippen LogP contribution in [0.5, 0.6) is 0 Å². The van der Waals surface area contributed by atoms with Crippen molar-refractivity contribution in [1.82, 2.24) is 0 Å². The van der Waals surface area contributed by atoms with Crippen LogP contribution in [0.25, 0.3) is 0 Å². The lowest BCUT2D eigenvalue weighted by Gasteiger charge is -2.02. The van der Waals surface area contributed by atoms with Crippen LogP contribution in [0.4, 0.5) is 0 Å². The Labute approximate surface area is 107 Å². The van der Waals surface area contributed by atoms with Gasteiger partial charge >= 0.3 is 5.97 Å². The van der Waals surface area contributed by atoms with E-state index in [1.807, 2.05) is 0 Å². The van der Waals surface area contributed by atoms with Gasteiger partial charge in [0.05, 0.1) is 0 Å². The van der Waals surface area contributed by atoms with Crippen molar-refractivity contribution in [2.45, 2.75) is 39.0 Å². The Kier molecular flexibility index (Phi) is 5.61. The zero-order valence-corrected chi connectivity index (χ0v) is 11.9. The highest BCUT2D eigenvalue weighted by Gasteiger charge is 2.26. The molecule has 1 aliphatic heterocycles. The first-order chi connectivity index (χ1) is 7.20. The van der Waals surface area contributed by atoms with Gasteiger partial charge in [0.2, 0.25) is 0 Å². The molecule has 0 aromatic carbocycles. The average molecular weight is 338 g/mol. The second-order valence-corrected chi connectivity index (χ2v) is 4.72. The maximum absolute atomic E-state index is 11.3. The van der Waals surface area contributed by atoms with Gasteiger partial charge in [-0.05, 0) is 28.8 Å². The molecule has 0 saturated carbocycles. The molecule has 1 rings (SSSR count). The van der Waals surface area contributed by atoms with E-state index in [0.717, 1.165) is 18.4 Å². The summed E-state index contributed by atoms with van der Waals surface area (Å²) in [6, 6.07) is 0.